The number of rotatable bonds is 5. The number of hydrogen-bond acceptors (Lipinski definition) is 2. The first-order valence-electron chi connectivity index (χ1n) is 6.03. The first-order valence-corrected chi connectivity index (χ1v) is 6.03. The van der Waals surface area contributed by atoms with E-state index in [0.29, 0.717) is 12.1 Å². The van der Waals surface area contributed by atoms with Crippen LogP contribution in [-0.4, -0.2) is 30.8 Å². The molecule has 2 atom stereocenters. The summed E-state index contributed by atoms with van der Waals surface area (Å²) in [6, 6.07) is 5.75. The van der Waals surface area contributed by atoms with Crippen molar-refractivity contribution in [2.75, 3.05) is 20.1 Å². The minimum Gasteiger partial charge on any atom is -0.299 e. The maximum absolute atomic E-state index is 12.7. The fourth-order valence-electron chi connectivity index (χ4n) is 2.09. The zero-order valence-electron chi connectivity index (χ0n) is 10.3. The van der Waals surface area contributed by atoms with Gasteiger partial charge in [0.05, 0.1) is 6.54 Å². The maximum atomic E-state index is 12.7. The lowest BCUT2D eigenvalue weighted by atomic mass is 10.1. The first-order chi connectivity index (χ1) is 8.06. The smallest absolute Gasteiger partial charge is 0.176 e. The lowest BCUT2D eigenvalue weighted by Crippen LogP contribution is -2.28. The molecule has 1 aromatic carbocycles. The molecule has 1 saturated carbocycles. The SMILES string of the molecule is CC1CC1CN(C)CC(=O)c1ccc(F)cc1. The van der Waals surface area contributed by atoms with Crippen molar-refractivity contribution < 1.29 is 9.18 Å². The van der Waals surface area contributed by atoms with Crippen molar-refractivity contribution in [3.8, 4) is 0 Å². The van der Waals surface area contributed by atoms with Crippen molar-refractivity contribution in [3.05, 3.63) is 35.6 Å². The molecule has 1 aliphatic rings. The van der Waals surface area contributed by atoms with Gasteiger partial charge in [0.15, 0.2) is 5.78 Å². The minimum atomic E-state index is -0.304. The summed E-state index contributed by atoms with van der Waals surface area (Å²) in [5, 5.41) is 0. The number of nitrogens with zero attached hydrogens (tertiary/aromatic N) is 1. The average Bonchev–Trinajstić information content (AvgIpc) is 2.94. The van der Waals surface area contributed by atoms with Crippen molar-refractivity contribution in [2.45, 2.75) is 13.3 Å². The van der Waals surface area contributed by atoms with Gasteiger partial charge in [0, 0.05) is 12.1 Å². The molecule has 0 aliphatic heterocycles. The largest absolute Gasteiger partial charge is 0.299 e. The van der Waals surface area contributed by atoms with Gasteiger partial charge >= 0.3 is 0 Å². The number of likely N-dealkylation sites (N-methyl/N-ethyl adjacent to an activating group) is 1. The van der Waals surface area contributed by atoms with Crippen molar-refractivity contribution in [1.29, 1.82) is 0 Å². The Morgan fingerprint density at radius 2 is 2.00 bits per heavy atom. The summed E-state index contributed by atoms with van der Waals surface area (Å²) in [5.74, 6) is 1.31. The highest BCUT2D eigenvalue weighted by Crippen LogP contribution is 2.37. The quantitative estimate of drug-likeness (QED) is 0.731. The topological polar surface area (TPSA) is 20.3 Å². The first kappa shape index (κ1) is 12.2. The molecule has 92 valence electrons. The lowest BCUT2D eigenvalue weighted by molar-refractivity contribution is 0.0943. The molecule has 0 amide bonds. The summed E-state index contributed by atoms with van der Waals surface area (Å²) < 4.78 is 12.7. The third-order valence-electron chi connectivity index (χ3n) is 3.40. The van der Waals surface area contributed by atoms with Crippen LogP contribution in [0.25, 0.3) is 0 Å². The van der Waals surface area contributed by atoms with Crippen LogP contribution >= 0.6 is 0 Å². The van der Waals surface area contributed by atoms with Gasteiger partial charge in [0.1, 0.15) is 5.82 Å². The van der Waals surface area contributed by atoms with E-state index in [2.05, 4.69) is 11.8 Å². The fourth-order valence-corrected chi connectivity index (χ4v) is 2.09. The van der Waals surface area contributed by atoms with E-state index in [4.69, 9.17) is 0 Å². The second kappa shape index (κ2) is 4.96. The molecular formula is C14H18FNO. The van der Waals surface area contributed by atoms with Crippen LogP contribution in [0.4, 0.5) is 4.39 Å². The Morgan fingerprint density at radius 1 is 1.41 bits per heavy atom. The van der Waals surface area contributed by atoms with Crippen LogP contribution in [0, 0.1) is 17.7 Å². The molecule has 1 aromatic rings. The van der Waals surface area contributed by atoms with Gasteiger partial charge in [-0.3, -0.25) is 9.69 Å². The van der Waals surface area contributed by atoms with E-state index in [9.17, 15) is 9.18 Å². The Morgan fingerprint density at radius 3 is 2.53 bits per heavy atom. The summed E-state index contributed by atoms with van der Waals surface area (Å²) in [4.78, 5) is 13.9. The van der Waals surface area contributed by atoms with Gasteiger partial charge in [-0.15, -0.1) is 0 Å². The number of carbonyl (C=O) groups is 1. The number of Topliss-reactive ketones (excluding diaryl/α,β-unsaturated/α-hetero) is 1. The molecule has 17 heavy (non-hydrogen) atoms. The molecule has 0 radical (unpaired) electrons. The molecule has 0 heterocycles. The summed E-state index contributed by atoms with van der Waals surface area (Å²) in [7, 11) is 1.96. The van der Waals surface area contributed by atoms with Gasteiger partial charge < -0.3 is 0 Å². The Labute approximate surface area is 101 Å². The van der Waals surface area contributed by atoms with Crippen LogP contribution in [-0.2, 0) is 0 Å². The summed E-state index contributed by atoms with van der Waals surface area (Å²) in [6.07, 6.45) is 1.27. The molecule has 0 spiro atoms. The number of halogens is 1. The number of benzene rings is 1. The molecule has 0 saturated heterocycles. The van der Waals surface area contributed by atoms with Crippen LogP contribution in [0.1, 0.15) is 23.7 Å². The van der Waals surface area contributed by atoms with Gasteiger partial charge in [-0.25, -0.2) is 4.39 Å². The molecule has 1 aliphatic carbocycles. The Bertz CT molecular complexity index is 401. The monoisotopic (exact) mass is 235 g/mol. The van der Waals surface area contributed by atoms with Crippen LogP contribution < -0.4 is 0 Å². The lowest BCUT2D eigenvalue weighted by Gasteiger charge is -2.15. The van der Waals surface area contributed by atoms with Crippen LogP contribution in [0.3, 0.4) is 0 Å². The van der Waals surface area contributed by atoms with E-state index in [1.54, 1.807) is 12.1 Å². The van der Waals surface area contributed by atoms with E-state index in [1.165, 1.54) is 18.6 Å². The predicted octanol–water partition coefficient (Wildman–Crippen LogP) is 2.60. The Balaban J connectivity index is 1.85. The summed E-state index contributed by atoms with van der Waals surface area (Å²) >= 11 is 0. The fraction of sp³-hybridized carbons (Fsp3) is 0.500. The highest BCUT2D eigenvalue weighted by molar-refractivity contribution is 5.97. The third-order valence-corrected chi connectivity index (χ3v) is 3.40. The van der Waals surface area contributed by atoms with Gasteiger partial charge in [0.2, 0.25) is 0 Å². The Hall–Kier alpha value is -1.22. The number of carbonyl (C=O) groups excluding carboxylic acids is 1. The van der Waals surface area contributed by atoms with E-state index in [1.807, 2.05) is 7.05 Å². The van der Waals surface area contributed by atoms with E-state index in [0.717, 1.165) is 18.4 Å². The Kier molecular flexibility index (Phi) is 3.57. The molecule has 2 nitrogen and oxygen atoms in total. The molecule has 0 aromatic heterocycles. The van der Waals surface area contributed by atoms with E-state index >= 15 is 0 Å². The zero-order valence-corrected chi connectivity index (χ0v) is 10.3. The second-order valence-corrected chi connectivity index (χ2v) is 5.10. The molecule has 2 rings (SSSR count). The normalized spacial score (nSPS) is 22.8. The zero-order chi connectivity index (χ0) is 12.4. The van der Waals surface area contributed by atoms with Crippen LogP contribution in [0.2, 0.25) is 0 Å². The average molecular weight is 235 g/mol. The predicted molar refractivity (Wildman–Crippen MR) is 65.5 cm³/mol. The van der Waals surface area contributed by atoms with Crippen molar-refractivity contribution >= 4 is 5.78 Å². The molecule has 0 N–H and O–H groups in total. The van der Waals surface area contributed by atoms with Gasteiger partial charge in [-0.2, -0.15) is 0 Å². The highest BCUT2D eigenvalue weighted by Gasteiger charge is 2.33. The van der Waals surface area contributed by atoms with Crippen molar-refractivity contribution in [1.82, 2.24) is 4.90 Å². The molecule has 0 bridgehead atoms. The summed E-state index contributed by atoms with van der Waals surface area (Å²) in [5.41, 5.74) is 0.585. The van der Waals surface area contributed by atoms with Gasteiger partial charge in [-0.05, 0) is 49.6 Å². The minimum absolute atomic E-state index is 0.0563. The molecule has 2 unspecified atom stereocenters. The maximum Gasteiger partial charge on any atom is 0.176 e. The van der Waals surface area contributed by atoms with Crippen LogP contribution in [0.15, 0.2) is 24.3 Å². The summed E-state index contributed by atoms with van der Waals surface area (Å²) in [6.45, 7) is 3.63. The van der Waals surface area contributed by atoms with Crippen LogP contribution in [0.5, 0.6) is 0 Å². The number of ketones is 1. The second-order valence-electron chi connectivity index (χ2n) is 5.10. The molecular weight excluding hydrogens is 217 g/mol. The standard InChI is InChI=1S/C14H18FNO/c1-10-7-12(10)8-16(2)9-14(17)11-3-5-13(15)6-4-11/h3-6,10,12H,7-9H2,1-2H3. The van der Waals surface area contributed by atoms with Crippen molar-refractivity contribution in [3.63, 3.8) is 0 Å². The molecule has 1 fully saturated rings. The van der Waals surface area contributed by atoms with E-state index in [-0.39, 0.29) is 11.6 Å². The van der Waals surface area contributed by atoms with Gasteiger partial charge in [0.25, 0.3) is 0 Å². The third kappa shape index (κ3) is 3.37. The highest BCUT2D eigenvalue weighted by atomic mass is 19.1. The number of hydrogen-bond donors (Lipinski definition) is 0. The van der Waals surface area contributed by atoms with Gasteiger partial charge in [-0.1, -0.05) is 6.92 Å². The van der Waals surface area contributed by atoms with E-state index < -0.39 is 0 Å². The van der Waals surface area contributed by atoms with Crippen molar-refractivity contribution in [2.24, 2.45) is 11.8 Å². The molecule has 3 heteroatoms.